The van der Waals surface area contributed by atoms with Crippen LogP contribution in [0.3, 0.4) is 0 Å². The van der Waals surface area contributed by atoms with Crippen molar-refractivity contribution in [1.29, 1.82) is 0 Å². The Bertz CT molecular complexity index is 822. The van der Waals surface area contributed by atoms with Gasteiger partial charge < -0.3 is 5.32 Å². The van der Waals surface area contributed by atoms with Crippen LogP contribution < -0.4 is 10.6 Å². The Kier molecular flexibility index (Phi) is 4.59. The molecular weight excluding hydrogens is 320 g/mol. The predicted octanol–water partition coefficient (Wildman–Crippen LogP) is 2.78. The molecule has 3 rings (SSSR count). The zero-order chi connectivity index (χ0) is 17.0. The highest BCUT2D eigenvalue weighted by Gasteiger charge is 2.41. The van der Waals surface area contributed by atoms with Gasteiger partial charge in [0.15, 0.2) is 0 Å². The number of thioether (sulfide) groups is 1. The van der Waals surface area contributed by atoms with Gasteiger partial charge >= 0.3 is 6.03 Å². The Morgan fingerprint density at radius 2 is 1.58 bits per heavy atom. The van der Waals surface area contributed by atoms with Crippen molar-refractivity contribution >= 4 is 23.7 Å². The van der Waals surface area contributed by atoms with E-state index in [2.05, 4.69) is 22.5 Å². The van der Waals surface area contributed by atoms with Crippen LogP contribution in [0.2, 0.25) is 0 Å². The summed E-state index contributed by atoms with van der Waals surface area (Å²) in [6, 6.07) is 17.2. The molecule has 4 nitrogen and oxygen atoms in total. The van der Waals surface area contributed by atoms with E-state index < -0.39 is 11.6 Å². The number of carbonyl (C=O) groups excluding carboxylic acids is 2. The fourth-order valence-electron chi connectivity index (χ4n) is 2.21. The molecule has 120 valence electrons. The van der Waals surface area contributed by atoms with Crippen molar-refractivity contribution in [3.63, 3.8) is 0 Å². The van der Waals surface area contributed by atoms with Crippen LogP contribution in [0.5, 0.6) is 0 Å². The molecule has 1 atom stereocenters. The van der Waals surface area contributed by atoms with Gasteiger partial charge in [0.2, 0.25) is 0 Å². The molecule has 2 aromatic rings. The van der Waals surface area contributed by atoms with Crippen LogP contribution in [-0.4, -0.2) is 23.2 Å². The second-order valence-electron chi connectivity index (χ2n) is 5.67. The van der Waals surface area contributed by atoms with Crippen LogP contribution in [0.25, 0.3) is 0 Å². The van der Waals surface area contributed by atoms with Crippen molar-refractivity contribution in [2.24, 2.45) is 0 Å². The standard InChI is InChI=1S/C19H16N2O2S/c1-19(17(22)20-18(23)21-19)13-24-16-11-9-15(10-12-16)8-7-14-5-3-2-4-6-14/h2-6,9-12H,13H2,1H3,(H2,20,21,22,23). The number of hydrogen-bond donors (Lipinski definition) is 2. The Balaban J connectivity index is 1.62. The summed E-state index contributed by atoms with van der Waals surface area (Å²) in [5, 5.41) is 4.92. The van der Waals surface area contributed by atoms with Gasteiger partial charge in [-0.2, -0.15) is 0 Å². The van der Waals surface area contributed by atoms with Gasteiger partial charge in [-0.05, 0) is 43.3 Å². The molecule has 0 radical (unpaired) electrons. The van der Waals surface area contributed by atoms with E-state index in [1.54, 1.807) is 6.92 Å². The maximum Gasteiger partial charge on any atom is 0.322 e. The van der Waals surface area contributed by atoms with Crippen molar-refractivity contribution in [3.8, 4) is 11.8 Å². The third-order valence-corrected chi connectivity index (χ3v) is 4.95. The number of urea groups is 1. The molecule has 0 spiro atoms. The Hall–Kier alpha value is -2.71. The molecular formula is C19H16N2O2S. The molecule has 2 aromatic carbocycles. The first-order chi connectivity index (χ1) is 11.5. The predicted molar refractivity (Wildman–Crippen MR) is 94.7 cm³/mol. The quantitative estimate of drug-likeness (QED) is 0.515. The van der Waals surface area contributed by atoms with Crippen molar-refractivity contribution in [3.05, 3.63) is 65.7 Å². The normalized spacial score (nSPS) is 19.2. The molecule has 1 heterocycles. The fraction of sp³-hybridized carbons (Fsp3) is 0.158. The second kappa shape index (κ2) is 6.81. The molecule has 0 aliphatic carbocycles. The molecule has 2 N–H and O–H groups in total. The Morgan fingerprint density at radius 3 is 2.17 bits per heavy atom. The number of hydrogen-bond acceptors (Lipinski definition) is 3. The van der Waals surface area contributed by atoms with Gasteiger partial charge in [-0.1, -0.05) is 30.0 Å². The summed E-state index contributed by atoms with van der Waals surface area (Å²) in [6.45, 7) is 1.72. The highest BCUT2D eigenvalue weighted by molar-refractivity contribution is 7.99. The van der Waals surface area contributed by atoms with E-state index in [4.69, 9.17) is 0 Å². The summed E-state index contributed by atoms with van der Waals surface area (Å²) in [5.74, 6) is 6.43. The van der Waals surface area contributed by atoms with Gasteiger partial charge in [-0.15, -0.1) is 11.8 Å². The molecule has 1 aliphatic heterocycles. The molecule has 1 fully saturated rings. The largest absolute Gasteiger partial charge is 0.323 e. The minimum atomic E-state index is -0.868. The lowest BCUT2D eigenvalue weighted by atomic mass is 10.1. The van der Waals surface area contributed by atoms with E-state index in [1.165, 1.54) is 11.8 Å². The summed E-state index contributed by atoms with van der Waals surface area (Å²) in [6.07, 6.45) is 0. The minimum absolute atomic E-state index is 0.287. The zero-order valence-corrected chi connectivity index (χ0v) is 13.9. The lowest BCUT2D eigenvalue weighted by Gasteiger charge is -2.19. The van der Waals surface area contributed by atoms with Gasteiger partial charge in [0.25, 0.3) is 5.91 Å². The molecule has 3 amide bonds. The van der Waals surface area contributed by atoms with Crippen LogP contribution in [0.4, 0.5) is 4.79 Å². The zero-order valence-electron chi connectivity index (χ0n) is 13.1. The van der Waals surface area contributed by atoms with Gasteiger partial charge in [-0.25, -0.2) is 4.79 Å². The maximum atomic E-state index is 11.8. The third kappa shape index (κ3) is 3.79. The monoisotopic (exact) mass is 336 g/mol. The number of carbonyl (C=O) groups is 2. The topological polar surface area (TPSA) is 58.2 Å². The summed E-state index contributed by atoms with van der Waals surface area (Å²) in [7, 11) is 0. The second-order valence-corrected chi connectivity index (χ2v) is 6.72. The van der Waals surface area contributed by atoms with Crippen LogP contribution in [0.1, 0.15) is 18.1 Å². The minimum Gasteiger partial charge on any atom is -0.323 e. The Morgan fingerprint density at radius 1 is 0.958 bits per heavy atom. The molecule has 1 unspecified atom stereocenters. The van der Waals surface area contributed by atoms with Crippen molar-refractivity contribution in [2.45, 2.75) is 17.4 Å². The summed E-state index contributed by atoms with van der Waals surface area (Å²) < 4.78 is 0. The van der Waals surface area contributed by atoms with Crippen LogP contribution >= 0.6 is 11.8 Å². The number of imide groups is 1. The lowest BCUT2D eigenvalue weighted by molar-refractivity contribution is -0.122. The number of nitrogens with one attached hydrogen (secondary N) is 2. The Labute approximate surface area is 145 Å². The molecule has 24 heavy (non-hydrogen) atoms. The van der Waals surface area contributed by atoms with Gasteiger partial charge in [0.05, 0.1) is 0 Å². The molecule has 1 saturated heterocycles. The highest BCUT2D eigenvalue weighted by atomic mass is 32.2. The third-order valence-electron chi connectivity index (χ3n) is 3.62. The molecule has 0 saturated carbocycles. The van der Waals surface area contributed by atoms with Crippen molar-refractivity contribution in [2.75, 3.05) is 5.75 Å². The molecule has 5 heteroatoms. The first-order valence-corrected chi connectivity index (χ1v) is 8.47. The van der Waals surface area contributed by atoms with Crippen LogP contribution in [-0.2, 0) is 4.79 Å². The fourth-order valence-corrected chi connectivity index (χ4v) is 3.20. The molecule has 0 aromatic heterocycles. The average Bonchev–Trinajstić information content (AvgIpc) is 2.85. The average molecular weight is 336 g/mol. The summed E-state index contributed by atoms with van der Waals surface area (Å²) in [4.78, 5) is 24.0. The highest BCUT2D eigenvalue weighted by Crippen LogP contribution is 2.24. The van der Waals surface area contributed by atoms with E-state index in [0.717, 1.165) is 16.0 Å². The van der Waals surface area contributed by atoms with E-state index in [1.807, 2.05) is 54.6 Å². The van der Waals surface area contributed by atoms with E-state index >= 15 is 0 Å². The van der Waals surface area contributed by atoms with E-state index in [0.29, 0.717) is 5.75 Å². The van der Waals surface area contributed by atoms with E-state index in [-0.39, 0.29) is 5.91 Å². The number of rotatable bonds is 3. The van der Waals surface area contributed by atoms with Gasteiger partial charge in [0.1, 0.15) is 5.54 Å². The number of benzene rings is 2. The molecule has 0 bridgehead atoms. The summed E-state index contributed by atoms with van der Waals surface area (Å²) >= 11 is 1.52. The maximum absolute atomic E-state index is 11.8. The number of amides is 3. The molecule has 1 aliphatic rings. The van der Waals surface area contributed by atoms with E-state index in [9.17, 15) is 9.59 Å². The van der Waals surface area contributed by atoms with Crippen molar-refractivity contribution in [1.82, 2.24) is 10.6 Å². The van der Waals surface area contributed by atoms with Crippen molar-refractivity contribution < 1.29 is 9.59 Å². The van der Waals surface area contributed by atoms with Gasteiger partial charge in [0, 0.05) is 21.8 Å². The lowest BCUT2D eigenvalue weighted by Crippen LogP contribution is -2.46. The van der Waals surface area contributed by atoms with Crippen LogP contribution in [0.15, 0.2) is 59.5 Å². The first-order valence-electron chi connectivity index (χ1n) is 7.49. The SMILES string of the molecule is CC1(CSc2ccc(C#Cc3ccccc3)cc2)NC(=O)NC1=O. The van der Waals surface area contributed by atoms with Crippen LogP contribution in [0, 0.1) is 11.8 Å². The van der Waals surface area contributed by atoms with Gasteiger partial charge in [-0.3, -0.25) is 10.1 Å². The first kappa shape index (κ1) is 16.2. The smallest absolute Gasteiger partial charge is 0.322 e. The summed E-state index contributed by atoms with van der Waals surface area (Å²) in [5.41, 5.74) is 1.04.